The van der Waals surface area contributed by atoms with Gasteiger partial charge in [0.2, 0.25) is 0 Å². The zero-order valence-corrected chi connectivity index (χ0v) is 23.6. The van der Waals surface area contributed by atoms with Gasteiger partial charge in [0.15, 0.2) is 10.9 Å². The Balaban J connectivity index is 1.36. The van der Waals surface area contributed by atoms with Gasteiger partial charge in [0, 0.05) is 30.1 Å². The number of nitrogens with zero attached hydrogens (tertiary/aromatic N) is 3. The number of ketones is 1. The van der Waals surface area contributed by atoms with Crippen LogP contribution in [-0.4, -0.2) is 32.5 Å². The van der Waals surface area contributed by atoms with Gasteiger partial charge in [-0.1, -0.05) is 89.6 Å². The zero-order valence-electron chi connectivity index (χ0n) is 22.0. The molecule has 1 aliphatic rings. The van der Waals surface area contributed by atoms with E-state index < -0.39 is 0 Å². The molecule has 0 N–H and O–H groups in total. The zero-order chi connectivity index (χ0) is 26.9. The van der Waals surface area contributed by atoms with Gasteiger partial charge in [-0.25, -0.2) is 4.98 Å². The second-order valence-electron chi connectivity index (χ2n) is 10.1. The summed E-state index contributed by atoms with van der Waals surface area (Å²) in [5, 5.41) is 1.28. The van der Waals surface area contributed by atoms with Crippen LogP contribution in [0.25, 0.3) is 15.9 Å². The highest BCUT2D eigenvalue weighted by Crippen LogP contribution is 2.35. The van der Waals surface area contributed by atoms with Crippen LogP contribution >= 0.6 is 23.1 Å². The van der Waals surface area contributed by atoms with Crippen molar-refractivity contribution in [3.63, 3.8) is 0 Å². The van der Waals surface area contributed by atoms with Gasteiger partial charge in [0.05, 0.1) is 16.8 Å². The Morgan fingerprint density at radius 2 is 1.64 bits per heavy atom. The Bertz CT molecular complexity index is 1710. The summed E-state index contributed by atoms with van der Waals surface area (Å²) in [6, 6.07) is 26.0. The molecule has 7 heteroatoms. The van der Waals surface area contributed by atoms with E-state index in [9.17, 15) is 9.59 Å². The minimum atomic E-state index is -0.0526. The molecular weight excluding hydrogens is 523 g/mol. The molecule has 0 amide bonds. The van der Waals surface area contributed by atoms with Crippen molar-refractivity contribution in [2.24, 2.45) is 0 Å². The summed E-state index contributed by atoms with van der Waals surface area (Å²) in [5.41, 5.74) is 6.04. The van der Waals surface area contributed by atoms with Crippen molar-refractivity contribution in [1.29, 1.82) is 0 Å². The molecule has 6 rings (SSSR count). The molecule has 0 radical (unpaired) electrons. The van der Waals surface area contributed by atoms with Crippen LogP contribution in [0.15, 0.2) is 88.8 Å². The molecule has 1 aliphatic heterocycles. The van der Waals surface area contributed by atoms with Crippen LogP contribution in [0, 0.1) is 13.8 Å². The SMILES string of the molecule is Cc1ccc(C(=O)CSc2nc3sc4c(c3c(=O)n2-c2ccc(C)cc2)CCN(Cc2ccccc2)C4)cc1. The highest BCUT2D eigenvalue weighted by Gasteiger charge is 2.26. The van der Waals surface area contributed by atoms with Crippen molar-refractivity contribution in [3.8, 4) is 5.69 Å². The van der Waals surface area contributed by atoms with E-state index in [2.05, 4.69) is 29.2 Å². The lowest BCUT2D eigenvalue weighted by molar-refractivity contribution is 0.102. The van der Waals surface area contributed by atoms with E-state index in [1.165, 1.54) is 22.2 Å². The minimum Gasteiger partial charge on any atom is -0.294 e. The first-order valence-corrected chi connectivity index (χ1v) is 14.9. The number of hydrogen-bond donors (Lipinski definition) is 0. The number of carbonyl (C=O) groups excluding carboxylic acids is 1. The van der Waals surface area contributed by atoms with Crippen LogP contribution in [0.2, 0.25) is 0 Å². The number of carbonyl (C=O) groups is 1. The van der Waals surface area contributed by atoms with Gasteiger partial charge in [0.25, 0.3) is 5.56 Å². The third-order valence-corrected chi connectivity index (χ3v) is 9.22. The van der Waals surface area contributed by atoms with E-state index in [1.807, 2.05) is 68.4 Å². The maximum atomic E-state index is 14.1. The van der Waals surface area contributed by atoms with Crippen LogP contribution in [0.3, 0.4) is 0 Å². The lowest BCUT2D eigenvalue weighted by atomic mass is 10.0. The summed E-state index contributed by atoms with van der Waals surface area (Å²) in [6.45, 7) is 6.63. The molecule has 0 saturated carbocycles. The van der Waals surface area contributed by atoms with Crippen LogP contribution < -0.4 is 5.56 Å². The highest BCUT2D eigenvalue weighted by molar-refractivity contribution is 7.99. The molecule has 39 heavy (non-hydrogen) atoms. The molecular formula is C32H29N3O2S2. The highest BCUT2D eigenvalue weighted by atomic mass is 32.2. The third-order valence-electron chi connectivity index (χ3n) is 7.17. The predicted molar refractivity (Wildman–Crippen MR) is 160 cm³/mol. The van der Waals surface area contributed by atoms with Crippen LogP contribution in [-0.2, 0) is 19.5 Å². The van der Waals surface area contributed by atoms with E-state index >= 15 is 0 Å². The number of thiophene rings is 1. The quantitative estimate of drug-likeness (QED) is 0.130. The standard InChI is InChI=1S/C32H29N3O2S2/c1-21-8-12-24(13-9-21)27(36)20-38-32-33-30-29(31(37)35(32)25-14-10-22(2)11-15-25)26-16-17-34(19-28(26)39-30)18-23-6-4-3-5-7-23/h3-15H,16-20H2,1-2H3. The monoisotopic (exact) mass is 551 g/mol. The minimum absolute atomic E-state index is 0.0202. The molecule has 3 aromatic carbocycles. The molecule has 0 atom stereocenters. The van der Waals surface area contributed by atoms with Gasteiger partial charge in [0.1, 0.15) is 4.83 Å². The second-order valence-corrected chi connectivity index (χ2v) is 12.1. The fraction of sp³-hybridized carbons (Fsp3) is 0.219. The van der Waals surface area contributed by atoms with E-state index in [1.54, 1.807) is 15.9 Å². The summed E-state index contributed by atoms with van der Waals surface area (Å²) >= 11 is 2.95. The summed E-state index contributed by atoms with van der Waals surface area (Å²) < 4.78 is 1.69. The summed E-state index contributed by atoms with van der Waals surface area (Å²) in [7, 11) is 0. The van der Waals surface area contributed by atoms with Gasteiger partial charge >= 0.3 is 0 Å². The van der Waals surface area contributed by atoms with Crippen LogP contribution in [0.1, 0.15) is 37.5 Å². The van der Waals surface area contributed by atoms with E-state index in [0.717, 1.165) is 58.6 Å². The van der Waals surface area contributed by atoms with Crippen LogP contribution in [0.4, 0.5) is 0 Å². The molecule has 0 bridgehead atoms. The van der Waals surface area contributed by atoms with Crippen molar-refractivity contribution in [1.82, 2.24) is 14.5 Å². The van der Waals surface area contributed by atoms with Gasteiger partial charge < -0.3 is 0 Å². The van der Waals surface area contributed by atoms with Crippen molar-refractivity contribution in [3.05, 3.63) is 122 Å². The van der Waals surface area contributed by atoms with E-state index in [-0.39, 0.29) is 17.1 Å². The largest absolute Gasteiger partial charge is 0.294 e. The third kappa shape index (κ3) is 5.35. The van der Waals surface area contributed by atoms with Gasteiger partial charge in [-0.05, 0) is 43.5 Å². The smallest absolute Gasteiger partial charge is 0.267 e. The Kier molecular flexibility index (Phi) is 7.21. The predicted octanol–water partition coefficient (Wildman–Crippen LogP) is 6.60. The Labute approximate surface area is 236 Å². The molecule has 5 aromatic rings. The number of aromatic nitrogens is 2. The van der Waals surface area contributed by atoms with Crippen molar-refractivity contribution >= 4 is 39.1 Å². The summed E-state index contributed by atoms with van der Waals surface area (Å²) in [5.74, 6) is 0.231. The maximum absolute atomic E-state index is 14.1. The Morgan fingerprint density at radius 3 is 2.36 bits per heavy atom. The number of thioether (sulfide) groups is 1. The molecule has 2 aromatic heterocycles. The number of rotatable bonds is 7. The molecule has 0 fully saturated rings. The van der Waals surface area contributed by atoms with Gasteiger partial charge in [-0.3, -0.25) is 19.1 Å². The lowest BCUT2D eigenvalue weighted by Crippen LogP contribution is -2.30. The van der Waals surface area contributed by atoms with Gasteiger partial charge in [-0.2, -0.15) is 0 Å². The van der Waals surface area contributed by atoms with Crippen molar-refractivity contribution in [2.45, 2.75) is 38.5 Å². The molecule has 0 spiro atoms. The average molecular weight is 552 g/mol. The first kappa shape index (κ1) is 25.7. The summed E-state index contributed by atoms with van der Waals surface area (Å²) in [4.78, 5) is 36.5. The molecule has 0 aliphatic carbocycles. The number of fused-ring (bicyclic) bond motifs is 3. The van der Waals surface area contributed by atoms with E-state index in [4.69, 9.17) is 4.98 Å². The van der Waals surface area contributed by atoms with Gasteiger partial charge in [-0.15, -0.1) is 11.3 Å². The van der Waals surface area contributed by atoms with E-state index in [0.29, 0.717) is 10.7 Å². The number of aryl methyl sites for hydroxylation is 2. The molecule has 3 heterocycles. The fourth-order valence-corrected chi connectivity index (χ4v) is 7.24. The molecule has 0 unspecified atom stereocenters. The lowest BCUT2D eigenvalue weighted by Gasteiger charge is -2.26. The fourth-order valence-electron chi connectivity index (χ4n) is 5.02. The summed E-state index contributed by atoms with van der Waals surface area (Å²) in [6.07, 6.45) is 0.825. The molecule has 196 valence electrons. The number of Topliss-reactive ketones (excluding diaryl/α,β-unsaturated/α-hetero) is 1. The molecule has 5 nitrogen and oxygen atoms in total. The normalized spacial score (nSPS) is 13.5. The maximum Gasteiger partial charge on any atom is 0.267 e. The first-order valence-electron chi connectivity index (χ1n) is 13.1. The van der Waals surface area contributed by atoms with Crippen LogP contribution in [0.5, 0.6) is 0 Å². The topological polar surface area (TPSA) is 55.2 Å². The first-order chi connectivity index (χ1) is 19.0. The van der Waals surface area contributed by atoms with Crippen molar-refractivity contribution in [2.75, 3.05) is 12.3 Å². The Hall–Kier alpha value is -3.52. The molecule has 0 saturated heterocycles. The van der Waals surface area contributed by atoms with Crippen molar-refractivity contribution < 1.29 is 4.79 Å². The Morgan fingerprint density at radius 1 is 0.949 bits per heavy atom. The second kappa shape index (κ2) is 10.9. The number of benzene rings is 3. The number of hydrogen-bond acceptors (Lipinski definition) is 6. The average Bonchev–Trinajstić information content (AvgIpc) is 3.31.